The third-order valence-electron chi connectivity index (χ3n) is 4.81. The van der Waals surface area contributed by atoms with E-state index in [1.165, 1.54) is 19.3 Å². The van der Waals surface area contributed by atoms with Crippen LogP contribution in [0.5, 0.6) is 0 Å². The number of likely N-dealkylation sites (tertiary alicyclic amines) is 1. The quantitative estimate of drug-likeness (QED) is 0.781. The first-order chi connectivity index (χ1) is 9.03. The summed E-state index contributed by atoms with van der Waals surface area (Å²) in [5.74, 6) is 0.766. The van der Waals surface area contributed by atoms with Crippen molar-refractivity contribution >= 4 is 5.78 Å². The molecule has 1 aliphatic heterocycles. The lowest BCUT2D eigenvalue weighted by Gasteiger charge is -2.39. The maximum absolute atomic E-state index is 12.0. The molecule has 2 unspecified atom stereocenters. The second-order valence-corrected chi connectivity index (χ2v) is 6.81. The molecule has 1 saturated heterocycles. The van der Waals surface area contributed by atoms with Crippen molar-refractivity contribution in [1.29, 1.82) is 5.26 Å². The number of carbonyl (C=O) groups excluding carboxylic acids is 1. The van der Waals surface area contributed by atoms with Crippen molar-refractivity contribution in [2.24, 2.45) is 11.3 Å². The maximum Gasteiger partial charge on any atom is 0.137 e. The van der Waals surface area contributed by atoms with Gasteiger partial charge in [0.1, 0.15) is 5.78 Å². The Morgan fingerprint density at radius 2 is 2.11 bits per heavy atom. The normalized spacial score (nSPS) is 29.4. The number of nitriles is 1. The topological polar surface area (TPSA) is 44.1 Å². The fourth-order valence-corrected chi connectivity index (χ4v) is 3.48. The average Bonchev–Trinajstić information content (AvgIpc) is 2.83. The Morgan fingerprint density at radius 1 is 1.32 bits per heavy atom. The van der Waals surface area contributed by atoms with Gasteiger partial charge < -0.3 is 0 Å². The van der Waals surface area contributed by atoms with Crippen LogP contribution in [0.3, 0.4) is 0 Å². The highest BCUT2D eigenvalue weighted by Gasteiger charge is 2.37. The van der Waals surface area contributed by atoms with E-state index in [0.29, 0.717) is 11.8 Å². The van der Waals surface area contributed by atoms with Gasteiger partial charge in [0.15, 0.2) is 0 Å². The van der Waals surface area contributed by atoms with Gasteiger partial charge in [-0.2, -0.15) is 5.26 Å². The first kappa shape index (κ1) is 14.5. The fraction of sp³-hybridized carbons (Fsp3) is 0.875. The molecule has 1 saturated carbocycles. The minimum absolute atomic E-state index is 0.248. The summed E-state index contributed by atoms with van der Waals surface area (Å²) in [6.07, 6.45) is 7.53. The third kappa shape index (κ3) is 3.57. The molecule has 0 bridgehead atoms. The Balaban J connectivity index is 1.96. The van der Waals surface area contributed by atoms with Crippen molar-refractivity contribution in [3.8, 4) is 6.07 Å². The van der Waals surface area contributed by atoms with Crippen molar-refractivity contribution < 1.29 is 4.79 Å². The van der Waals surface area contributed by atoms with Gasteiger partial charge in [0.05, 0.1) is 11.5 Å². The molecule has 1 heterocycles. The van der Waals surface area contributed by atoms with Gasteiger partial charge in [0.2, 0.25) is 0 Å². The van der Waals surface area contributed by atoms with Crippen LogP contribution >= 0.6 is 0 Å². The number of Topliss-reactive ketones (excluding diaryl/α,β-unsaturated/α-hetero) is 1. The van der Waals surface area contributed by atoms with Crippen LogP contribution in [0, 0.1) is 22.7 Å². The van der Waals surface area contributed by atoms with E-state index in [1.54, 1.807) is 0 Å². The molecule has 0 aromatic rings. The molecule has 3 heteroatoms. The summed E-state index contributed by atoms with van der Waals surface area (Å²) in [5, 5.41) is 9.12. The van der Waals surface area contributed by atoms with Gasteiger partial charge in [-0.15, -0.1) is 0 Å². The molecule has 19 heavy (non-hydrogen) atoms. The number of carbonyl (C=O) groups is 1. The standard InChI is InChI=1S/C16H26N2O/c1-16(2,12-17)9-11-18-10-4-3-7-14(18)13-6-5-8-15(13)19/h13-14H,3-11H2,1-2H3. The molecule has 2 atom stereocenters. The summed E-state index contributed by atoms with van der Waals surface area (Å²) in [6, 6.07) is 2.84. The second-order valence-electron chi connectivity index (χ2n) is 6.81. The van der Waals surface area contributed by atoms with Gasteiger partial charge in [-0.1, -0.05) is 6.42 Å². The number of piperidine rings is 1. The van der Waals surface area contributed by atoms with Gasteiger partial charge in [-0.3, -0.25) is 9.69 Å². The Kier molecular flexibility index (Phi) is 4.62. The predicted octanol–water partition coefficient (Wildman–Crippen LogP) is 3.15. The first-order valence-electron chi connectivity index (χ1n) is 7.71. The van der Waals surface area contributed by atoms with Crippen molar-refractivity contribution in [1.82, 2.24) is 4.90 Å². The van der Waals surface area contributed by atoms with E-state index in [2.05, 4.69) is 11.0 Å². The van der Waals surface area contributed by atoms with Crippen LogP contribution in [0.15, 0.2) is 0 Å². The third-order valence-corrected chi connectivity index (χ3v) is 4.81. The summed E-state index contributed by atoms with van der Waals surface area (Å²) in [4.78, 5) is 14.5. The minimum Gasteiger partial charge on any atom is -0.300 e. The minimum atomic E-state index is -0.248. The van der Waals surface area contributed by atoms with Gasteiger partial charge in [0.25, 0.3) is 0 Å². The molecule has 1 aliphatic carbocycles. The zero-order valence-electron chi connectivity index (χ0n) is 12.3. The van der Waals surface area contributed by atoms with Crippen molar-refractivity contribution in [2.75, 3.05) is 13.1 Å². The highest BCUT2D eigenvalue weighted by atomic mass is 16.1. The summed E-state index contributed by atoms with van der Waals surface area (Å²) < 4.78 is 0. The van der Waals surface area contributed by atoms with E-state index in [9.17, 15) is 4.79 Å². The van der Waals surface area contributed by atoms with Crippen LogP contribution in [0.4, 0.5) is 0 Å². The van der Waals surface area contributed by atoms with Crippen molar-refractivity contribution in [3.05, 3.63) is 0 Å². The van der Waals surface area contributed by atoms with E-state index >= 15 is 0 Å². The molecular weight excluding hydrogens is 236 g/mol. The van der Waals surface area contributed by atoms with E-state index in [0.717, 1.165) is 38.8 Å². The van der Waals surface area contributed by atoms with Gasteiger partial charge in [-0.05, 0) is 59.0 Å². The molecule has 0 radical (unpaired) electrons. The predicted molar refractivity (Wildman–Crippen MR) is 75.6 cm³/mol. The van der Waals surface area contributed by atoms with Crippen LogP contribution in [-0.4, -0.2) is 29.8 Å². The summed E-state index contributed by atoms with van der Waals surface area (Å²) in [5.41, 5.74) is -0.248. The maximum atomic E-state index is 12.0. The molecular formula is C16H26N2O. The molecule has 0 N–H and O–H groups in total. The molecule has 0 aromatic heterocycles. The van der Waals surface area contributed by atoms with Crippen LogP contribution in [0.1, 0.15) is 58.8 Å². The molecule has 2 fully saturated rings. The Bertz CT molecular complexity index is 369. The molecule has 2 rings (SSSR count). The van der Waals surface area contributed by atoms with E-state index in [4.69, 9.17) is 5.26 Å². The summed E-state index contributed by atoms with van der Waals surface area (Å²) in [6.45, 7) is 6.09. The first-order valence-corrected chi connectivity index (χ1v) is 7.71. The second kappa shape index (κ2) is 6.05. The van der Waals surface area contributed by atoms with Gasteiger partial charge >= 0.3 is 0 Å². The Labute approximate surface area is 117 Å². The highest BCUT2D eigenvalue weighted by Crippen LogP contribution is 2.33. The zero-order valence-corrected chi connectivity index (χ0v) is 12.3. The average molecular weight is 262 g/mol. The van der Waals surface area contributed by atoms with Gasteiger partial charge in [-0.25, -0.2) is 0 Å². The number of rotatable bonds is 4. The van der Waals surface area contributed by atoms with Crippen LogP contribution in [0.2, 0.25) is 0 Å². The summed E-state index contributed by atoms with van der Waals surface area (Å²) >= 11 is 0. The van der Waals surface area contributed by atoms with Crippen LogP contribution < -0.4 is 0 Å². The molecule has 0 spiro atoms. The van der Waals surface area contributed by atoms with Crippen LogP contribution in [-0.2, 0) is 4.79 Å². The Morgan fingerprint density at radius 3 is 2.74 bits per heavy atom. The largest absolute Gasteiger partial charge is 0.300 e. The highest BCUT2D eigenvalue weighted by molar-refractivity contribution is 5.83. The number of hydrogen-bond acceptors (Lipinski definition) is 3. The van der Waals surface area contributed by atoms with Crippen LogP contribution in [0.25, 0.3) is 0 Å². The van der Waals surface area contributed by atoms with E-state index in [-0.39, 0.29) is 11.3 Å². The number of nitrogens with zero attached hydrogens (tertiary/aromatic N) is 2. The molecule has 2 aliphatic rings. The Hall–Kier alpha value is -0.880. The van der Waals surface area contributed by atoms with Crippen molar-refractivity contribution in [3.63, 3.8) is 0 Å². The van der Waals surface area contributed by atoms with E-state index < -0.39 is 0 Å². The van der Waals surface area contributed by atoms with Crippen molar-refractivity contribution in [2.45, 2.75) is 64.8 Å². The van der Waals surface area contributed by atoms with Gasteiger partial charge in [0, 0.05) is 18.4 Å². The molecule has 3 nitrogen and oxygen atoms in total. The smallest absolute Gasteiger partial charge is 0.137 e. The lowest BCUT2D eigenvalue weighted by molar-refractivity contribution is -0.123. The molecule has 106 valence electrons. The monoisotopic (exact) mass is 262 g/mol. The lowest BCUT2D eigenvalue weighted by Crippen LogP contribution is -2.46. The number of hydrogen-bond donors (Lipinski definition) is 0. The summed E-state index contributed by atoms with van der Waals surface area (Å²) in [7, 11) is 0. The zero-order chi connectivity index (χ0) is 13.9. The fourth-order valence-electron chi connectivity index (χ4n) is 3.48. The SMILES string of the molecule is CC(C)(C#N)CCN1CCCCC1C1CCCC1=O. The molecule has 0 amide bonds. The molecule has 0 aromatic carbocycles. The lowest BCUT2D eigenvalue weighted by atomic mass is 9.86. The number of ketones is 1. The van der Waals surface area contributed by atoms with E-state index in [1.807, 2.05) is 13.8 Å².